The quantitative estimate of drug-likeness (QED) is 0.816. The fourth-order valence-electron chi connectivity index (χ4n) is 3.22. The van der Waals surface area contributed by atoms with E-state index in [1.165, 1.54) is 11.3 Å². The van der Waals surface area contributed by atoms with Crippen LogP contribution >= 0.6 is 11.3 Å². The Morgan fingerprint density at radius 3 is 2.50 bits per heavy atom. The zero-order valence-electron chi connectivity index (χ0n) is 14.3. The van der Waals surface area contributed by atoms with Gasteiger partial charge in [-0.05, 0) is 24.3 Å². The van der Waals surface area contributed by atoms with Gasteiger partial charge in [0, 0.05) is 49.0 Å². The Morgan fingerprint density at radius 2 is 1.85 bits per heavy atom. The summed E-state index contributed by atoms with van der Waals surface area (Å²) in [4.78, 5) is 34.8. The van der Waals surface area contributed by atoms with Crippen LogP contribution in [0.1, 0.15) is 10.4 Å². The Hall–Kier alpha value is -2.45. The summed E-state index contributed by atoms with van der Waals surface area (Å²) in [6.45, 7) is 4.25. The lowest BCUT2D eigenvalue weighted by atomic mass is 10.1. The van der Waals surface area contributed by atoms with Crippen LogP contribution < -0.4 is 9.80 Å². The first-order valence-corrected chi connectivity index (χ1v) is 9.52. The standard InChI is InChI=1S/C18H20N4O3S/c23-16-13-21(6-7-22(16)18-19-5-12-26-18)17(24)14-1-3-15(4-2-14)20-8-10-25-11-9-20/h1-5,12H,6-11,13H2. The number of rotatable bonds is 3. The maximum atomic E-state index is 12.7. The zero-order valence-corrected chi connectivity index (χ0v) is 15.2. The highest BCUT2D eigenvalue weighted by Gasteiger charge is 2.29. The van der Waals surface area contributed by atoms with Gasteiger partial charge in [0.25, 0.3) is 5.91 Å². The van der Waals surface area contributed by atoms with Crippen LogP contribution in [-0.4, -0.2) is 67.6 Å². The van der Waals surface area contributed by atoms with Crippen LogP contribution in [0.25, 0.3) is 0 Å². The molecular formula is C18H20N4O3S. The van der Waals surface area contributed by atoms with Gasteiger partial charge in [-0.3, -0.25) is 14.5 Å². The van der Waals surface area contributed by atoms with Crippen molar-refractivity contribution < 1.29 is 14.3 Å². The van der Waals surface area contributed by atoms with Gasteiger partial charge in [0.05, 0.1) is 13.2 Å². The molecule has 0 radical (unpaired) electrons. The second-order valence-electron chi connectivity index (χ2n) is 6.23. The highest BCUT2D eigenvalue weighted by Crippen LogP contribution is 2.21. The van der Waals surface area contributed by atoms with E-state index in [9.17, 15) is 9.59 Å². The van der Waals surface area contributed by atoms with Gasteiger partial charge in [-0.25, -0.2) is 4.98 Å². The molecule has 26 heavy (non-hydrogen) atoms. The molecule has 0 unspecified atom stereocenters. The monoisotopic (exact) mass is 372 g/mol. The summed E-state index contributed by atoms with van der Waals surface area (Å²) in [5, 5.41) is 2.54. The summed E-state index contributed by atoms with van der Waals surface area (Å²) < 4.78 is 5.37. The molecule has 136 valence electrons. The average Bonchev–Trinajstić information content (AvgIpc) is 3.22. The molecule has 0 atom stereocenters. The average molecular weight is 372 g/mol. The van der Waals surface area contributed by atoms with E-state index in [0.717, 1.165) is 32.0 Å². The molecule has 0 aliphatic carbocycles. The first-order valence-electron chi connectivity index (χ1n) is 8.64. The molecule has 1 aromatic carbocycles. The molecule has 7 nitrogen and oxygen atoms in total. The zero-order chi connectivity index (χ0) is 17.9. The highest BCUT2D eigenvalue weighted by atomic mass is 32.1. The second-order valence-corrected chi connectivity index (χ2v) is 7.11. The molecule has 3 heterocycles. The lowest BCUT2D eigenvalue weighted by Gasteiger charge is -2.33. The summed E-state index contributed by atoms with van der Waals surface area (Å²) in [5.41, 5.74) is 1.70. The van der Waals surface area contributed by atoms with Crippen LogP contribution in [0.3, 0.4) is 0 Å². The van der Waals surface area contributed by atoms with Gasteiger partial charge >= 0.3 is 0 Å². The van der Waals surface area contributed by atoms with E-state index in [2.05, 4.69) is 9.88 Å². The molecule has 2 aliphatic heterocycles. The van der Waals surface area contributed by atoms with Crippen LogP contribution in [0.15, 0.2) is 35.8 Å². The first kappa shape index (κ1) is 17.0. The van der Waals surface area contributed by atoms with Gasteiger partial charge in [-0.15, -0.1) is 11.3 Å². The lowest BCUT2D eigenvalue weighted by molar-refractivity contribution is -0.120. The van der Waals surface area contributed by atoms with E-state index in [4.69, 9.17) is 4.74 Å². The number of carbonyl (C=O) groups is 2. The van der Waals surface area contributed by atoms with E-state index < -0.39 is 0 Å². The number of hydrogen-bond acceptors (Lipinski definition) is 6. The molecule has 8 heteroatoms. The third-order valence-corrected chi connectivity index (χ3v) is 5.44. The Kier molecular flexibility index (Phi) is 4.85. The van der Waals surface area contributed by atoms with Crippen LogP contribution in [0.2, 0.25) is 0 Å². The van der Waals surface area contributed by atoms with Crippen molar-refractivity contribution >= 4 is 34.0 Å². The molecule has 2 amide bonds. The largest absolute Gasteiger partial charge is 0.378 e. The van der Waals surface area contributed by atoms with Crippen molar-refractivity contribution in [2.45, 2.75) is 0 Å². The number of nitrogens with zero attached hydrogens (tertiary/aromatic N) is 4. The molecule has 2 saturated heterocycles. The summed E-state index contributed by atoms with van der Waals surface area (Å²) in [5.74, 6) is -0.199. The number of hydrogen-bond donors (Lipinski definition) is 0. The van der Waals surface area contributed by atoms with Gasteiger partial charge in [-0.1, -0.05) is 0 Å². The third-order valence-electron chi connectivity index (χ3n) is 4.65. The summed E-state index contributed by atoms with van der Waals surface area (Å²) in [6.07, 6.45) is 1.68. The van der Waals surface area contributed by atoms with Gasteiger partial charge < -0.3 is 14.5 Å². The number of thiazole rings is 1. The summed E-state index contributed by atoms with van der Waals surface area (Å²) in [6, 6.07) is 7.61. The molecule has 0 saturated carbocycles. The van der Waals surface area contributed by atoms with Gasteiger partial charge in [0.2, 0.25) is 5.91 Å². The summed E-state index contributed by atoms with van der Waals surface area (Å²) in [7, 11) is 0. The Morgan fingerprint density at radius 1 is 1.08 bits per heavy atom. The Balaban J connectivity index is 1.41. The topological polar surface area (TPSA) is 66.0 Å². The molecule has 0 bridgehead atoms. The predicted molar refractivity (Wildman–Crippen MR) is 99.8 cm³/mol. The van der Waals surface area contributed by atoms with Crippen molar-refractivity contribution in [3.8, 4) is 0 Å². The number of ether oxygens (including phenoxy) is 1. The molecule has 0 N–H and O–H groups in total. The maximum Gasteiger partial charge on any atom is 0.254 e. The molecule has 2 aromatic rings. The van der Waals surface area contributed by atoms with Gasteiger partial charge in [-0.2, -0.15) is 0 Å². The van der Waals surface area contributed by atoms with Gasteiger partial charge in [0.15, 0.2) is 5.13 Å². The van der Waals surface area contributed by atoms with Crippen molar-refractivity contribution in [2.24, 2.45) is 0 Å². The molecular weight excluding hydrogens is 352 g/mol. The van der Waals surface area contributed by atoms with E-state index in [1.54, 1.807) is 16.0 Å². The van der Waals surface area contributed by atoms with Crippen LogP contribution in [0, 0.1) is 0 Å². The minimum atomic E-state index is -0.106. The minimum absolute atomic E-state index is 0.0869. The van der Waals surface area contributed by atoms with Crippen molar-refractivity contribution in [3.63, 3.8) is 0 Å². The highest BCUT2D eigenvalue weighted by molar-refractivity contribution is 7.13. The van der Waals surface area contributed by atoms with Crippen molar-refractivity contribution in [1.29, 1.82) is 0 Å². The molecule has 0 spiro atoms. The minimum Gasteiger partial charge on any atom is -0.378 e. The number of carbonyl (C=O) groups excluding carboxylic acids is 2. The number of piperazine rings is 1. The van der Waals surface area contributed by atoms with Crippen molar-refractivity contribution in [3.05, 3.63) is 41.4 Å². The van der Waals surface area contributed by atoms with Gasteiger partial charge in [0.1, 0.15) is 6.54 Å². The smallest absolute Gasteiger partial charge is 0.254 e. The lowest BCUT2D eigenvalue weighted by Crippen LogP contribution is -2.52. The number of aromatic nitrogens is 1. The van der Waals surface area contributed by atoms with Crippen LogP contribution in [-0.2, 0) is 9.53 Å². The van der Waals surface area contributed by atoms with Crippen molar-refractivity contribution in [2.75, 3.05) is 55.7 Å². The van der Waals surface area contributed by atoms with E-state index in [0.29, 0.717) is 23.8 Å². The normalized spacial score (nSPS) is 18.3. The predicted octanol–water partition coefficient (Wildman–Crippen LogP) is 1.47. The molecule has 1 aromatic heterocycles. The number of benzene rings is 1. The Labute approximate surface area is 155 Å². The van der Waals surface area contributed by atoms with E-state index in [1.807, 2.05) is 29.6 Å². The maximum absolute atomic E-state index is 12.7. The van der Waals surface area contributed by atoms with E-state index in [-0.39, 0.29) is 18.4 Å². The molecule has 2 fully saturated rings. The number of morpholine rings is 1. The number of amides is 2. The molecule has 4 rings (SSSR count). The van der Waals surface area contributed by atoms with Crippen LogP contribution in [0.5, 0.6) is 0 Å². The SMILES string of the molecule is O=C(c1ccc(N2CCOCC2)cc1)N1CCN(c2nccs2)C(=O)C1. The summed E-state index contributed by atoms with van der Waals surface area (Å²) >= 11 is 1.43. The van der Waals surface area contributed by atoms with Crippen LogP contribution in [0.4, 0.5) is 10.8 Å². The fraction of sp³-hybridized carbons (Fsp3) is 0.389. The molecule has 2 aliphatic rings. The second kappa shape index (κ2) is 7.43. The van der Waals surface area contributed by atoms with Crippen molar-refractivity contribution in [1.82, 2.24) is 9.88 Å². The Bertz CT molecular complexity index is 772. The first-order chi connectivity index (χ1) is 12.7. The third kappa shape index (κ3) is 3.42. The number of anilines is 2. The fourth-order valence-corrected chi connectivity index (χ4v) is 3.90. The van der Waals surface area contributed by atoms with E-state index >= 15 is 0 Å².